The fourth-order valence-electron chi connectivity index (χ4n) is 2.24. The molecule has 0 radical (unpaired) electrons. The van der Waals surface area contributed by atoms with Gasteiger partial charge in [-0.3, -0.25) is 4.79 Å². The number of carbonyl (C=O) groups is 1. The number of nitrogens with one attached hydrogen (secondary N) is 1. The van der Waals surface area contributed by atoms with Gasteiger partial charge < -0.3 is 10.1 Å². The molecule has 21 heavy (non-hydrogen) atoms. The van der Waals surface area contributed by atoms with Crippen LogP contribution in [0, 0.1) is 6.92 Å². The van der Waals surface area contributed by atoms with Gasteiger partial charge >= 0.3 is 0 Å². The number of ether oxygens (including phenoxy) is 1. The number of aromatic nitrogens is 1. The molecule has 4 heteroatoms. The standard InChI is InChI=1S/C17H20N2O2/c1-4-21-17-15(10-7-11-18-17)16(20)19-13(3)14-9-6-5-8-12(14)2/h5-11,13H,4H2,1-3H3,(H,19,20)/t13-/m1/s1. The summed E-state index contributed by atoms with van der Waals surface area (Å²) in [6.45, 7) is 6.35. The third-order valence-electron chi connectivity index (χ3n) is 3.30. The number of carbonyl (C=O) groups excluding carboxylic acids is 1. The van der Waals surface area contributed by atoms with Crippen LogP contribution in [0.5, 0.6) is 5.88 Å². The Labute approximate surface area is 125 Å². The fourth-order valence-corrected chi connectivity index (χ4v) is 2.24. The van der Waals surface area contributed by atoms with Gasteiger partial charge in [-0.15, -0.1) is 0 Å². The van der Waals surface area contributed by atoms with Crippen LogP contribution in [0.3, 0.4) is 0 Å². The van der Waals surface area contributed by atoms with Crippen LogP contribution < -0.4 is 10.1 Å². The SMILES string of the molecule is CCOc1ncccc1C(=O)N[C@H](C)c1ccccc1C. The Morgan fingerprint density at radius 1 is 1.29 bits per heavy atom. The first-order valence-corrected chi connectivity index (χ1v) is 7.07. The number of amides is 1. The summed E-state index contributed by atoms with van der Waals surface area (Å²) in [5.74, 6) is 0.191. The van der Waals surface area contributed by atoms with E-state index in [0.29, 0.717) is 18.1 Å². The number of pyridine rings is 1. The second-order valence-electron chi connectivity index (χ2n) is 4.84. The molecule has 110 valence electrons. The highest BCUT2D eigenvalue weighted by atomic mass is 16.5. The van der Waals surface area contributed by atoms with Gasteiger partial charge in [0.15, 0.2) is 0 Å². The summed E-state index contributed by atoms with van der Waals surface area (Å²) in [5.41, 5.74) is 2.72. The molecule has 1 N–H and O–H groups in total. The Balaban J connectivity index is 2.17. The molecular formula is C17H20N2O2. The lowest BCUT2D eigenvalue weighted by molar-refractivity contribution is 0.0935. The van der Waals surface area contributed by atoms with Crippen LogP contribution in [0.15, 0.2) is 42.6 Å². The topological polar surface area (TPSA) is 51.2 Å². The molecule has 1 atom stereocenters. The van der Waals surface area contributed by atoms with Crippen molar-refractivity contribution in [3.63, 3.8) is 0 Å². The number of rotatable bonds is 5. The number of benzene rings is 1. The molecule has 0 aliphatic carbocycles. The van der Waals surface area contributed by atoms with Crippen molar-refractivity contribution in [2.75, 3.05) is 6.61 Å². The van der Waals surface area contributed by atoms with E-state index in [0.717, 1.165) is 11.1 Å². The zero-order chi connectivity index (χ0) is 15.2. The summed E-state index contributed by atoms with van der Waals surface area (Å²) in [6.07, 6.45) is 1.62. The molecule has 1 aromatic heterocycles. The van der Waals surface area contributed by atoms with E-state index < -0.39 is 0 Å². The van der Waals surface area contributed by atoms with Gasteiger partial charge in [0.05, 0.1) is 12.6 Å². The third kappa shape index (κ3) is 3.60. The number of aryl methyl sites for hydroxylation is 1. The van der Waals surface area contributed by atoms with Gasteiger partial charge in [0.1, 0.15) is 5.56 Å². The van der Waals surface area contributed by atoms with E-state index in [-0.39, 0.29) is 11.9 Å². The highest BCUT2D eigenvalue weighted by Crippen LogP contribution is 2.19. The normalized spacial score (nSPS) is 11.8. The number of hydrogen-bond acceptors (Lipinski definition) is 3. The molecule has 0 fully saturated rings. The van der Waals surface area contributed by atoms with Crippen LogP contribution >= 0.6 is 0 Å². The van der Waals surface area contributed by atoms with E-state index in [9.17, 15) is 4.79 Å². The Kier molecular flexibility index (Phi) is 4.93. The van der Waals surface area contributed by atoms with E-state index in [1.54, 1.807) is 18.3 Å². The van der Waals surface area contributed by atoms with Gasteiger partial charge in [-0.05, 0) is 44.0 Å². The van der Waals surface area contributed by atoms with Gasteiger partial charge in [-0.25, -0.2) is 4.98 Å². The minimum absolute atomic E-state index is 0.0756. The first kappa shape index (κ1) is 15.0. The second-order valence-corrected chi connectivity index (χ2v) is 4.84. The first-order valence-electron chi connectivity index (χ1n) is 7.07. The molecule has 1 aromatic carbocycles. The van der Waals surface area contributed by atoms with Crippen LogP contribution in [0.2, 0.25) is 0 Å². The summed E-state index contributed by atoms with van der Waals surface area (Å²) < 4.78 is 5.40. The van der Waals surface area contributed by atoms with E-state index in [1.807, 2.05) is 45.0 Å². The fraction of sp³-hybridized carbons (Fsp3) is 0.294. The van der Waals surface area contributed by atoms with E-state index in [4.69, 9.17) is 4.74 Å². The maximum Gasteiger partial charge on any atom is 0.257 e. The Morgan fingerprint density at radius 2 is 2.05 bits per heavy atom. The molecule has 0 spiro atoms. The summed E-state index contributed by atoms with van der Waals surface area (Å²) in [6, 6.07) is 11.4. The van der Waals surface area contributed by atoms with Crippen molar-refractivity contribution in [1.29, 1.82) is 0 Å². The minimum Gasteiger partial charge on any atom is -0.477 e. The van der Waals surface area contributed by atoms with Crippen molar-refractivity contribution in [3.05, 3.63) is 59.3 Å². The van der Waals surface area contributed by atoms with E-state index >= 15 is 0 Å². The average molecular weight is 284 g/mol. The van der Waals surface area contributed by atoms with Crippen molar-refractivity contribution >= 4 is 5.91 Å². The predicted octanol–water partition coefficient (Wildman–Crippen LogP) is 3.28. The smallest absolute Gasteiger partial charge is 0.257 e. The first-order chi connectivity index (χ1) is 10.1. The molecule has 0 aliphatic rings. The molecule has 0 saturated carbocycles. The van der Waals surface area contributed by atoms with Crippen LogP contribution in [-0.2, 0) is 0 Å². The van der Waals surface area contributed by atoms with E-state index in [1.165, 1.54) is 0 Å². The highest BCUT2D eigenvalue weighted by Gasteiger charge is 2.17. The maximum atomic E-state index is 12.4. The monoisotopic (exact) mass is 284 g/mol. The average Bonchev–Trinajstić information content (AvgIpc) is 2.48. The van der Waals surface area contributed by atoms with Gasteiger partial charge in [0.2, 0.25) is 5.88 Å². The van der Waals surface area contributed by atoms with Crippen molar-refractivity contribution < 1.29 is 9.53 Å². The lowest BCUT2D eigenvalue weighted by atomic mass is 10.0. The van der Waals surface area contributed by atoms with Crippen LogP contribution in [0.4, 0.5) is 0 Å². The summed E-state index contributed by atoms with van der Waals surface area (Å²) in [7, 11) is 0. The maximum absolute atomic E-state index is 12.4. The van der Waals surface area contributed by atoms with Gasteiger partial charge in [-0.1, -0.05) is 24.3 Å². The van der Waals surface area contributed by atoms with Crippen molar-refractivity contribution in [3.8, 4) is 5.88 Å². The van der Waals surface area contributed by atoms with Gasteiger partial charge in [-0.2, -0.15) is 0 Å². The van der Waals surface area contributed by atoms with Crippen molar-refractivity contribution in [2.45, 2.75) is 26.8 Å². The van der Waals surface area contributed by atoms with Gasteiger partial charge in [0.25, 0.3) is 5.91 Å². The number of nitrogens with zero attached hydrogens (tertiary/aromatic N) is 1. The molecule has 0 saturated heterocycles. The predicted molar refractivity (Wildman–Crippen MR) is 82.5 cm³/mol. The molecule has 2 aromatic rings. The quantitative estimate of drug-likeness (QED) is 0.916. The largest absolute Gasteiger partial charge is 0.477 e. The summed E-state index contributed by atoms with van der Waals surface area (Å²) >= 11 is 0. The lowest BCUT2D eigenvalue weighted by Gasteiger charge is -2.17. The lowest BCUT2D eigenvalue weighted by Crippen LogP contribution is -2.27. The van der Waals surface area contributed by atoms with Crippen molar-refractivity contribution in [2.24, 2.45) is 0 Å². The molecule has 0 unspecified atom stereocenters. The zero-order valence-corrected chi connectivity index (χ0v) is 12.6. The van der Waals surface area contributed by atoms with Gasteiger partial charge in [0, 0.05) is 6.20 Å². The van der Waals surface area contributed by atoms with Crippen LogP contribution in [0.25, 0.3) is 0 Å². The second kappa shape index (κ2) is 6.88. The zero-order valence-electron chi connectivity index (χ0n) is 12.6. The molecule has 0 bridgehead atoms. The molecular weight excluding hydrogens is 264 g/mol. The highest BCUT2D eigenvalue weighted by molar-refractivity contribution is 5.96. The summed E-state index contributed by atoms with van der Waals surface area (Å²) in [5, 5.41) is 2.99. The van der Waals surface area contributed by atoms with Crippen LogP contribution in [0.1, 0.15) is 41.4 Å². The van der Waals surface area contributed by atoms with Crippen molar-refractivity contribution in [1.82, 2.24) is 10.3 Å². The van der Waals surface area contributed by atoms with E-state index in [2.05, 4.69) is 10.3 Å². The minimum atomic E-state index is -0.178. The molecule has 2 rings (SSSR count). The Bertz CT molecular complexity index is 626. The Hall–Kier alpha value is -2.36. The Morgan fingerprint density at radius 3 is 2.76 bits per heavy atom. The molecule has 4 nitrogen and oxygen atoms in total. The molecule has 1 heterocycles. The summed E-state index contributed by atoms with van der Waals surface area (Å²) in [4.78, 5) is 16.5. The molecule has 1 amide bonds. The molecule has 0 aliphatic heterocycles. The van der Waals surface area contributed by atoms with Crippen LogP contribution in [-0.4, -0.2) is 17.5 Å². The third-order valence-corrected chi connectivity index (χ3v) is 3.30. The number of hydrogen-bond donors (Lipinski definition) is 1.